The highest BCUT2D eigenvalue weighted by Crippen LogP contribution is 2.65. The Kier molecular flexibility index (Phi) is 5.26. The average Bonchev–Trinajstić information content (AvgIpc) is 3.00. The number of benzene rings is 1. The van der Waals surface area contributed by atoms with Crippen molar-refractivity contribution < 1.29 is 23.6 Å². The second-order valence-corrected chi connectivity index (χ2v) is 10.9. The molecule has 1 saturated heterocycles. The summed E-state index contributed by atoms with van der Waals surface area (Å²) < 4.78 is 24.0. The Balaban J connectivity index is 1.45. The third-order valence-corrected chi connectivity index (χ3v) is 7.57. The lowest BCUT2D eigenvalue weighted by Gasteiger charge is -2.64. The molecule has 5 rings (SSSR count). The lowest BCUT2D eigenvalue weighted by molar-refractivity contribution is -0.199. The first-order valence-electron chi connectivity index (χ1n) is 11.2. The van der Waals surface area contributed by atoms with E-state index in [9.17, 15) is 4.79 Å². The van der Waals surface area contributed by atoms with Gasteiger partial charge in [0.15, 0.2) is 0 Å². The summed E-state index contributed by atoms with van der Waals surface area (Å²) in [5, 5.41) is 0. The maximum Gasteiger partial charge on any atom is 0.457 e. The van der Waals surface area contributed by atoms with Crippen LogP contribution in [-0.4, -0.2) is 37.5 Å². The number of para-hydroxylation sites is 1. The Morgan fingerprint density at radius 1 is 1.23 bits per heavy atom. The van der Waals surface area contributed by atoms with Gasteiger partial charge in [-0.25, -0.2) is 4.79 Å². The SMILES string of the molecule is COc1c(CCB2OC3CC4CC(C4(C)C)[C@]3(C)O2)cccc1C(=O)OC(C)(C)C. The van der Waals surface area contributed by atoms with Gasteiger partial charge >= 0.3 is 13.1 Å². The van der Waals surface area contributed by atoms with E-state index in [1.165, 1.54) is 6.42 Å². The predicted molar refractivity (Wildman–Crippen MR) is 117 cm³/mol. The van der Waals surface area contributed by atoms with Crippen LogP contribution in [0.25, 0.3) is 0 Å². The van der Waals surface area contributed by atoms with Gasteiger partial charge in [0.1, 0.15) is 16.9 Å². The molecule has 1 heterocycles. The Labute approximate surface area is 180 Å². The van der Waals surface area contributed by atoms with Crippen LogP contribution in [0.5, 0.6) is 5.75 Å². The van der Waals surface area contributed by atoms with Gasteiger partial charge in [0, 0.05) is 0 Å². The molecule has 2 bridgehead atoms. The van der Waals surface area contributed by atoms with E-state index < -0.39 is 5.60 Å². The first-order chi connectivity index (χ1) is 14.0. The molecule has 3 aliphatic carbocycles. The fourth-order valence-electron chi connectivity index (χ4n) is 5.87. The fraction of sp³-hybridized carbons (Fsp3) is 0.708. The number of rotatable bonds is 5. The van der Waals surface area contributed by atoms with Gasteiger partial charge in [0.25, 0.3) is 0 Å². The van der Waals surface area contributed by atoms with Crippen molar-refractivity contribution in [2.24, 2.45) is 17.3 Å². The number of ether oxygens (including phenoxy) is 2. The molecule has 4 fully saturated rings. The zero-order chi connectivity index (χ0) is 21.9. The second-order valence-electron chi connectivity index (χ2n) is 10.9. The van der Waals surface area contributed by atoms with Gasteiger partial charge in [0.2, 0.25) is 0 Å². The third kappa shape index (κ3) is 3.56. The van der Waals surface area contributed by atoms with E-state index >= 15 is 0 Å². The molecule has 4 aliphatic rings. The van der Waals surface area contributed by atoms with Gasteiger partial charge in [-0.3, -0.25) is 0 Å². The van der Waals surface area contributed by atoms with Crippen molar-refractivity contribution in [2.45, 2.75) is 84.4 Å². The van der Waals surface area contributed by atoms with Crippen molar-refractivity contribution in [1.29, 1.82) is 0 Å². The number of carbonyl (C=O) groups is 1. The summed E-state index contributed by atoms with van der Waals surface area (Å²) in [4.78, 5) is 12.6. The largest absolute Gasteiger partial charge is 0.496 e. The molecule has 3 unspecified atom stereocenters. The summed E-state index contributed by atoms with van der Waals surface area (Å²) >= 11 is 0. The summed E-state index contributed by atoms with van der Waals surface area (Å²) in [5.41, 5.74) is 1.03. The van der Waals surface area contributed by atoms with Crippen LogP contribution in [0.3, 0.4) is 0 Å². The van der Waals surface area contributed by atoms with Gasteiger partial charge in [-0.1, -0.05) is 26.0 Å². The van der Waals surface area contributed by atoms with Crippen LogP contribution in [0, 0.1) is 17.3 Å². The molecule has 1 aliphatic heterocycles. The van der Waals surface area contributed by atoms with E-state index in [1.807, 2.05) is 32.9 Å². The minimum Gasteiger partial charge on any atom is -0.496 e. The monoisotopic (exact) mass is 414 g/mol. The van der Waals surface area contributed by atoms with Crippen molar-refractivity contribution in [3.8, 4) is 5.75 Å². The van der Waals surface area contributed by atoms with Crippen LogP contribution in [0.4, 0.5) is 0 Å². The van der Waals surface area contributed by atoms with Crippen molar-refractivity contribution in [1.82, 2.24) is 0 Å². The number of hydrogen-bond donors (Lipinski definition) is 0. The minimum absolute atomic E-state index is 0.189. The summed E-state index contributed by atoms with van der Waals surface area (Å²) in [6.45, 7) is 12.6. The lowest BCUT2D eigenvalue weighted by Crippen LogP contribution is -2.65. The van der Waals surface area contributed by atoms with E-state index in [1.54, 1.807) is 13.2 Å². The smallest absolute Gasteiger partial charge is 0.457 e. The van der Waals surface area contributed by atoms with Gasteiger partial charge in [-0.05, 0) is 82.2 Å². The maximum absolute atomic E-state index is 12.6. The molecule has 0 N–H and O–H groups in total. The van der Waals surface area contributed by atoms with Crippen LogP contribution in [0.1, 0.15) is 70.3 Å². The summed E-state index contributed by atoms with van der Waals surface area (Å²) in [5.74, 6) is 1.52. The van der Waals surface area contributed by atoms with Gasteiger partial charge in [0.05, 0.1) is 18.8 Å². The lowest BCUT2D eigenvalue weighted by atomic mass is 9.43. The minimum atomic E-state index is -0.552. The molecule has 1 aromatic carbocycles. The van der Waals surface area contributed by atoms with Crippen LogP contribution < -0.4 is 4.74 Å². The normalized spacial score (nSPS) is 31.7. The maximum atomic E-state index is 12.6. The number of esters is 1. The van der Waals surface area contributed by atoms with Crippen LogP contribution in [0.15, 0.2) is 18.2 Å². The Morgan fingerprint density at radius 3 is 2.60 bits per heavy atom. The Morgan fingerprint density at radius 2 is 1.97 bits per heavy atom. The van der Waals surface area contributed by atoms with Crippen molar-refractivity contribution >= 4 is 13.1 Å². The quantitative estimate of drug-likeness (QED) is 0.506. The molecule has 0 aromatic heterocycles. The molecule has 1 aromatic rings. The van der Waals surface area contributed by atoms with E-state index in [4.69, 9.17) is 18.8 Å². The highest BCUT2D eigenvalue weighted by molar-refractivity contribution is 6.45. The summed E-state index contributed by atoms with van der Waals surface area (Å²) in [7, 11) is 1.38. The molecule has 0 spiro atoms. The predicted octanol–water partition coefficient (Wildman–Crippen LogP) is 4.92. The van der Waals surface area contributed by atoms with Crippen LogP contribution in [-0.2, 0) is 20.5 Å². The molecule has 6 heteroatoms. The second kappa shape index (κ2) is 7.27. The van der Waals surface area contributed by atoms with E-state index in [0.717, 1.165) is 24.2 Å². The third-order valence-electron chi connectivity index (χ3n) is 7.57. The summed E-state index contributed by atoms with van der Waals surface area (Å²) in [6.07, 6.45) is 3.98. The molecule has 30 heavy (non-hydrogen) atoms. The van der Waals surface area contributed by atoms with E-state index in [-0.39, 0.29) is 24.8 Å². The van der Waals surface area contributed by atoms with Crippen molar-refractivity contribution in [3.63, 3.8) is 0 Å². The topological polar surface area (TPSA) is 54.0 Å². The molecule has 0 radical (unpaired) electrons. The van der Waals surface area contributed by atoms with Gasteiger partial charge in [-0.15, -0.1) is 0 Å². The zero-order valence-electron chi connectivity index (χ0n) is 19.4. The first-order valence-corrected chi connectivity index (χ1v) is 11.2. The number of aryl methyl sites for hydroxylation is 1. The average molecular weight is 414 g/mol. The molecule has 3 saturated carbocycles. The molecule has 0 amide bonds. The molecule has 5 nitrogen and oxygen atoms in total. The Hall–Kier alpha value is -1.53. The highest BCUT2D eigenvalue weighted by atomic mass is 16.7. The fourth-order valence-corrected chi connectivity index (χ4v) is 5.87. The molecule has 4 atom stereocenters. The van der Waals surface area contributed by atoms with Crippen LogP contribution >= 0.6 is 0 Å². The van der Waals surface area contributed by atoms with Gasteiger partial charge < -0.3 is 18.8 Å². The number of hydrogen-bond acceptors (Lipinski definition) is 5. The van der Waals surface area contributed by atoms with Crippen molar-refractivity contribution in [2.75, 3.05) is 7.11 Å². The number of methoxy groups -OCH3 is 1. The first kappa shape index (κ1) is 21.7. The van der Waals surface area contributed by atoms with Crippen molar-refractivity contribution in [3.05, 3.63) is 29.3 Å². The van der Waals surface area contributed by atoms with Crippen LogP contribution in [0.2, 0.25) is 6.32 Å². The van der Waals surface area contributed by atoms with E-state index in [0.29, 0.717) is 29.1 Å². The highest BCUT2D eigenvalue weighted by Gasteiger charge is 2.67. The molecular formula is C24H35BO5. The molecule has 164 valence electrons. The molecular weight excluding hydrogens is 379 g/mol. The van der Waals surface area contributed by atoms with Gasteiger partial charge in [-0.2, -0.15) is 0 Å². The summed E-state index contributed by atoms with van der Waals surface area (Å²) in [6, 6.07) is 5.63. The number of carbonyl (C=O) groups excluding carboxylic acids is 1. The standard InChI is InChI=1S/C24H35BO5/c1-22(2,3)28-21(26)17-10-8-9-15(20(17)27-7)11-12-25-29-19-14-16-13-18(23(16,4)5)24(19,6)30-25/h8-10,16,18-19H,11-14H2,1-7H3/t16?,18?,19?,24-/m0/s1. The van der Waals surface area contributed by atoms with E-state index in [2.05, 4.69) is 20.8 Å². The Bertz CT molecular complexity index is 829. The zero-order valence-corrected chi connectivity index (χ0v) is 19.4.